The van der Waals surface area contributed by atoms with Crippen molar-refractivity contribution in [1.29, 1.82) is 0 Å². The lowest BCUT2D eigenvalue weighted by atomic mass is 10.1. The summed E-state index contributed by atoms with van der Waals surface area (Å²) in [5.41, 5.74) is 0.750. The second-order valence-electron chi connectivity index (χ2n) is 5.84. The molecule has 1 N–H and O–H groups in total. The summed E-state index contributed by atoms with van der Waals surface area (Å²) in [5, 5.41) is 2.77. The highest BCUT2D eigenvalue weighted by Gasteiger charge is 2.12. The van der Waals surface area contributed by atoms with E-state index in [0.717, 1.165) is 17.1 Å². The standard InChI is InChI=1S/C22H27NO6/c1-5-28-17-7-9-18(10-8-17)29-13-12-23-21(24)11-6-16-14-19(25-2)22(27-4)20(15-16)26-3/h6-11,14-15H,5,12-13H2,1-4H3,(H,23,24)/b11-6+. The molecular formula is C22H27NO6. The zero-order valence-electron chi connectivity index (χ0n) is 17.2. The molecule has 156 valence electrons. The molecule has 0 heterocycles. The number of rotatable bonds is 11. The van der Waals surface area contributed by atoms with Crippen LogP contribution in [0.2, 0.25) is 0 Å². The molecule has 2 aromatic carbocycles. The van der Waals surface area contributed by atoms with Crippen LogP contribution in [0.3, 0.4) is 0 Å². The van der Waals surface area contributed by atoms with Crippen LogP contribution < -0.4 is 29.0 Å². The summed E-state index contributed by atoms with van der Waals surface area (Å²) in [7, 11) is 4.63. The van der Waals surface area contributed by atoms with Crippen molar-refractivity contribution in [2.45, 2.75) is 6.92 Å². The number of ether oxygens (including phenoxy) is 5. The van der Waals surface area contributed by atoms with Gasteiger partial charge in [-0.1, -0.05) is 0 Å². The third kappa shape index (κ3) is 6.64. The minimum absolute atomic E-state index is 0.228. The first-order valence-electron chi connectivity index (χ1n) is 9.22. The molecule has 7 heteroatoms. The first-order valence-corrected chi connectivity index (χ1v) is 9.22. The number of methoxy groups -OCH3 is 3. The van der Waals surface area contributed by atoms with E-state index < -0.39 is 0 Å². The first kappa shape index (κ1) is 21.9. The average molecular weight is 401 g/mol. The van der Waals surface area contributed by atoms with E-state index in [0.29, 0.717) is 37.0 Å². The number of hydrogen-bond donors (Lipinski definition) is 1. The molecule has 2 rings (SSSR count). The fraction of sp³-hybridized carbons (Fsp3) is 0.318. The molecule has 0 aliphatic heterocycles. The number of carbonyl (C=O) groups excluding carboxylic acids is 1. The number of carbonyl (C=O) groups is 1. The molecule has 0 fully saturated rings. The van der Waals surface area contributed by atoms with Gasteiger partial charge in [-0.05, 0) is 55.0 Å². The lowest BCUT2D eigenvalue weighted by Gasteiger charge is -2.12. The number of hydrogen-bond acceptors (Lipinski definition) is 6. The molecule has 0 saturated carbocycles. The van der Waals surface area contributed by atoms with Crippen LogP contribution in [0.4, 0.5) is 0 Å². The first-order chi connectivity index (χ1) is 14.1. The highest BCUT2D eigenvalue weighted by molar-refractivity contribution is 5.91. The minimum Gasteiger partial charge on any atom is -0.494 e. The fourth-order valence-corrected chi connectivity index (χ4v) is 2.57. The van der Waals surface area contributed by atoms with E-state index in [-0.39, 0.29) is 5.91 Å². The molecule has 0 unspecified atom stereocenters. The molecule has 0 bridgehead atoms. The zero-order chi connectivity index (χ0) is 21.1. The van der Waals surface area contributed by atoms with Crippen molar-refractivity contribution in [3.8, 4) is 28.7 Å². The molecule has 2 aromatic rings. The van der Waals surface area contributed by atoms with Gasteiger partial charge in [0, 0.05) is 6.08 Å². The second kappa shape index (κ2) is 11.5. The van der Waals surface area contributed by atoms with Gasteiger partial charge in [-0.2, -0.15) is 0 Å². The van der Waals surface area contributed by atoms with E-state index in [2.05, 4.69) is 5.32 Å². The van der Waals surface area contributed by atoms with E-state index in [1.807, 2.05) is 31.2 Å². The number of amides is 1. The molecular weight excluding hydrogens is 374 g/mol. The van der Waals surface area contributed by atoms with E-state index in [1.54, 1.807) is 39.5 Å². The quantitative estimate of drug-likeness (QED) is 0.460. The van der Waals surface area contributed by atoms with Gasteiger partial charge in [-0.3, -0.25) is 4.79 Å². The third-order valence-electron chi connectivity index (χ3n) is 3.92. The normalized spacial score (nSPS) is 10.5. The Morgan fingerprint density at radius 2 is 1.52 bits per heavy atom. The van der Waals surface area contributed by atoms with Crippen molar-refractivity contribution in [2.75, 3.05) is 41.1 Å². The molecule has 29 heavy (non-hydrogen) atoms. The van der Waals surface area contributed by atoms with E-state index in [4.69, 9.17) is 23.7 Å². The monoisotopic (exact) mass is 401 g/mol. The van der Waals surface area contributed by atoms with Crippen molar-refractivity contribution in [3.05, 3.63) is 48.0 Å². The summed E-state index contributed by atoms with van der Waals surface area (Å²) in [6.07, 6.45) is 3.12. The van der Waals surface area contributed by atoms with Gasteiger partial charge in [-0.15, -0.1) is 0 Å². The average Bonchev–Trinajstić information content (AvgIpc) is 2.75. The van der Waals surface area contributed by atoms with Crippen molar-refractivity contribution in [1.82, 2.24) is 5.32 Å². The Balaban J connectivity index is 1.83. The van der Waals surface area contributed by atoms with Gasteiger partial charge >= 0.3 is 0 Å². The lowest BCUT2D eigenvalue weighted by Crippen LogP contribution is -2.26. The maximum Gasteiger partial charge on any atom is 0.244 e. The van der Waals surface area contributed by atoms with Crippen LogP contribution in [0, 0.1) is 0 Å². The second-order valence-corrected chi connectivity index (χ2v) is 5.84. The summed E-state index contributed by atoms with van der Waals surface area (Å²) in [6, 6.07) is 10.9. The van der Waals surface area contributed by atoms with Crippen LogP contribution in [0.25, 0.3) is 6.08 Å². The minimum atomic E-state index is -0.228. The summed E-state index contributed by atoms with van der Waals surface area (Å²) < 4.78 is 26.9. The van der Waals surface area contributed by atoms with Crippen molar-refractivity contribution < 1.29 is 28.5 Å². The molecule has 0 saturated heterocycles. The molecule has 0 aliphatic carbocycles. The van der Waals surface area contributed by atoms with Gasteiger partial charge in [0.05, 0.1) is 34.5 Å². The molecule has 0 spiro atoms. The van der Waals surface area contributed by atoms with Gasteiger partial charge in [-0.25, -0.2) is 0 Å². The predicted molar refractivity (Wildman–Crippen MR) is 111 cm³/mol. The lowest BCUT2D eigenvalue weighted by molar-refractivity contribution is -0.116. The third-order valence-corrected chi connectivity index (χ3v) is 3.92. The van der Waals surface area contributed by atoms with Crippen LogP contribution in [0.15, 0.2) is 42.5 Å². The van der Waals surface area contributed by atoms with Crippen LogP contribution in [0.5, 0.6) is 28.7 Å². The number of benzene rings is 2. The Morgan fingerprint density at radius 3 is 2.03 bits per heavy atom. The zero-order valence-corrected chi connectivity index (χ0v) is 17.2. The summed E-state index contributed by atoms with van der Waals surface area (Å²) in [5.74, 6) is 2.84. The van der Waals surface area contributed by atoms with Crippen LogP contribution in [0.1, 0.15) is 12.5 Å². The molecule has 7 nitrogen and oxygen atoms in total. The molecule has 0 aromatic heterocycles. The van der Waals surface area contributed by atoms with Crippen molar-refractivity contribution in [2.24, 2.45) is 0 Å². The van der Waals surface area contributed by atoms with Crippen LogP contribution >= 0.6 is 0 Å². The highest BCUT2D eigenvalue weighted by atomic mass is 16.5. The fourth-order valence-electron chi connectivity index (χ4n) is 2.57. The smallest absolute Gasteiger partial charge is 0.244 e. The summed E-state index contributed by atoms with van der Waals surface area (Å²) in [4.78, 5) is 12.0. The summed E-state index contributed by atoms with van der Waals surface area (Å²) in [6.45, 7) is 3.29. The Kier molecular flexibility index (Phi) is 8.69. The molecule has 0 aliphatic rings. The summed E-state index contributed by atoms with van der Waals surface area (Å²) >= 11 is 0. The van der Waals surface area contributed by atoms with Gasteiger partial charge in [0.25, 0.3) is 0 Å². The Labute approximate surface area is 171 Å². The number of nitrogens with one attached hydrogen (secondary N) is 1. The topological polar surface area (TPSA) is 75.3 Å². The molecule has 0 atom stereocenters. The van der Waals surface area contributed by atoms with Gasteiger partial charge < -0.3 is 29.0 Å². The SMILES string of the molecule is CCOc1ccc(OCCNC(=O)/C=C/c2cc(OC)c(OC)c(OC)c2)cc1. The largest absolute Gasteiger partial charge is 0.494 e. The van der Waals surface area contributed by atoms with Gasteiger partial charge in [0.15, 0.2) is 11.5 Å². The Bertz CT molecular complexity index is 792. The highest BCUT2D eigenvalue weighted by Crippen LogP contribution is 2.38. The van der Waals surface area contributed by atoms with E-state index >= 15 is 0 Å². The molecule has 1 amide bonds. The maximum atomic E-state index is 12.0. The van der Waals surface area contributed by atoms with Gasteiger partial charge in [0.2, 0.25) is 11.7 Å². The van der Waals surface area contributed by atoms with Crippen molar-refractivity contribution in [3.63, 3.8) is 0 Å². The van der Waals surface area contributed by atoms with Crippen LogP contribution in [-0.4, -0.2) is 47.0 Å². The van der Waals surface area contributed by atoms with E-state index in [9.17, 15) is 4.79 Å². The molecule has 0 radical (unpaired) electrons. The van der Waals surface area contributed by atoms with Crippen LogP contribution in [-0.2, 0) is 4.79 Å². The van der Waals surface area contributed by atoms with Crippen molar-refractivity contribution >= 4 is 12.0 Å². The Morgan fingerprint density at radius 1 is 0.931 bits per heavy atom. The van der Waals surface area contributed by atoms with Gasteiger partial charge in [0.1, 0.15) is 18.1 Å². The maximum absolute atomic E-state index is 12.0. The Hall–Kier alpha value is -3.35. The van der Waals surface area contributed by atoms with E-state index in [1.165, 1.54) is 6.08 Å². The predicted octanol–water partition coefficient (Wildman–Crippen LogP) is 3.32.